The lowest BCUT2D eigenvalue weighted by Gasteiger charge is -2.34. The van der Waals surface area contributed by atoms with E-state index in [1.54, 1.807) is 6.33 Å². The van der Waals surface area contributed by atoms with Crippen LogP contribution in [-0.4, -0.2) is 70.2 Å². The van der Waals surface area contributed by atoms with E-state index in [-0.39, 0.29) is 29.6 Å². The van der Waals surface area contributed by atoms with Crippen LogP contribution in [0.3, 0.4) is 0 Å². The molecule has 36 heavy (non-hydrogen) atoms. The summed E-state index contributed by atoms with van der Waals surface area (Å²) in [6, 6.07) is 7.81. The van der Waals surface area contributed by atoms with E-state index in [4.69, 9.17) is 0 Å². The minimum atomic E-state index is -3.72. The quantitative estimate of drug-likeness (QED) is 0.477. The van der Waals surface area contributed by atoms with E-state index in [0.717, 1.165) is 27.9 Å². The molecule has 2 aliphatic heterocycles. The van der Waals surface area contributed by atoms with E-state index in [2.05, 4.69) is 19.9 Å². The van der Waals surface area contributed by atoms with Crippen molar-refractivity contribution in [3.05, 3.63) is 53.9 Å². The van der Waals surface area contributed by atoms with Crippen LogP contribution in [-0.2, 0) is 19.6 Å². The van der Waals surface area contributed by atoms with Gasteiger partial charge in [0.15, 0.2) is 0 Å². The number of aromatic nitrogens is 4. The van der Waals surface area contributed by atoms with Gasteiger partial charge >= 0.3 is 0 Å². The van der Waals surface area contributed by atoms with Gasteiger partial charge in [0, 0.05) is 50.8 Å². The maximum atomic E-state index is 13.2. The number of amides is 2. The van der Waals surface area contributed by atoms with Gasteiger partial charge in [-0.25, -0.2) is 23.4 Å². The molecule has 5 rings (SSSR count). The number of rotatable bonds is 5. The van der Waals surface area contributed by atoms with Crippen molar-refractivity contribution in [2.75, 3.05) is 36.0 Å². The molecule has 2 amide bonds. The Kier molecular flexibility index (Phi) is 6.08. The van der Waals surface area contributed by atoms with Gasteiger partial charge in [0.2, 0.25) is 21.8 Å². The second kappa shape index (κ2) is 9.10. The van der Waals surface area contributed by atoms with Crippen molar-refractivity contribution in [3.8, 4) is 5.82 Å². The molecule has 2 aromatic heterocycles. The Labute approximate surface area is 209 Å². The third-order valence-electron chi connectivity index (χ3n) is 6.66. The van der Waals surface area contributed by atoms with Gasteiger partial charge in [0.25, 0.3) is 0 Å². The molecule has 2 saturated heterocycles. The standard InChI is InChI=1S/C24H27N7O4S/c1-16-17(2)30(15-25-16)22-14-21(26-18(3)27-22)28-10-12-29(13-11-28)36(34,35)20-6-4-19(5-7-20)31-23(32)8-9-24(31)33/h4-7,14-15H,8-13H2,1-3H3. The predicted molar refractivity (Wildman–Crippen MR) is 133 cm³/mol. The zero-order chi connectivity index (χ0) is 25.6. The number of nitrogens with zero attached hydrogens (tertiary/aromatic N) is 7. The largest absolute Gasteiger partial charge is 0.354 e. The number of imide groups is 1. The molecule has 0 aliphatic carbocycles. The molecule has 188 valence electrons. The van der Waals surface area contributed by atoms with Crippen LogP contribution in [0.15, 0.2) is 41.6 Å². The van der Waals surface area contributed by atoms with Gasteiger partial charge in [0.05, 0.1) is 16.3 Å². The fourth-order valence-electron chi connectivity index (χ4n) is 4.49. The number of aryl methyl sites for hydroxylation is 2. The Morgan fingerprint density at radius 1 is 0.833 bits per heavy atom. The first-order chi connectivity index (χ1) is 17.1. The average molecular weight is 510 g/mol. The highest BCUT2D eigenvalue weighted by molar-refractivity contribution is 7.89. The van der Waals surface area contributed by atoms with Crippen LogP contribution in [0.25, 0.3) is 5.82 Å². The smallest absolute Gasteiger partial charge is 0.243 e. The summed E-state index contributed by atoms with van der Waals surface area (Å²) >= 11 is 0. The zero-order valence-corrected chi connectivity index (χ0v) is 21.2. The highest BCUT2D eigenvalue weighted by Crippen LogP contribution is 2.26. The van der Waals surface area contributed by atoms with Gasteiger partial charge in [-0.1, -0.05) is 0 Å². The highest BCUT2D eigenvalue weighted by atomic mass is 32.2. The minimum absolute atomic E-state index is 0.130. The fourth-order valence-corrected chi connectivity index (χ4v) is 5.91. The Hall–Kier alpha value is -3.64. The molecule has 0 bridgehead atoms. The molecule has 12 heteroatoms. The first kappa shape index (κ1) is 24.1. The van der Waals surface area contributed by atoms with Gasteiger partial charge in [-0.15, -0.1) is 0 Å². The first-order valence-corrected chi connectivity index (χ1v) is 13.2. The van der Waals surface area contributed by atoms with Crippen molar-refractivity contribution in [1.82, 2.24) is 23.8 Å². The van der Waals surface area contributed by atoms with Crippen molar-refractivity contribution in [2.24, 2.45) is 0 Å². The fraction of sp³-hybridized carbons (Fsp3) is 0.375. The third-order valence-corrected chi connectivity index (χ3v) is 8.57. The van der Waals surface area contributed by atoms with E-state index in [0.29, 0.717) is 37.7 Å². The zero-order valence-electron chi connectivity index (χ0n) is 20.4. The molecule has 2 fully saturated rings. The third kappa shape index (κ3) is 4.26. The second-order valence-electron chi connectivity index (χ2n) is 8.92. The summed E-state index contributed by atoms with van der Waals surface area (Å²) in [5, 5.41) is 0. The molecular weight excluding hydrogens is 482 g/mol. The summed E-state index contributed by atoms with van der Waals surface area (Å²) in [6.45, 7) is 7.32. The summed E-state index contributed by atoms with van der Waals surface area (Å²) in [5.41, 5.74) is 2.32. The number of hydrogen-bond donors (Lipinski definition) is 0. The Morgan fingerprint density at radius 2 is 1.44 bits per heavy atom. The van der Waals surface area contributed by atoms with Crippen LogP contribution >= 0.6 is 0 Å². The van der Waals surface area contributed by atoms with Crippen LogP contribution in [0.2, 0.25) is 0 Å². The van der Waals surface area contributed by atoms with Gasteiger partial charge < -0.3 is 4.90 Å². The monoisotopic (exact) mass is 509 g/mol. The van der Waals surface area contributed by atoms with Crippen LogP contribution in [0.1, 0.15) is 30.1 Å². The number of sulfonamides is 1. The Bertz CT molecular complexity index is 1430. The lowest BCUT2D eigenvalue weighted by atomic mass is 10.3. The second-order valence-corrected chi connectivity index (χ2v) is 10.9. The van der Waals surface area contributed by atoms with Gasteiger partial charge in [-0.2, -0.15) is 4.31 Å². The number of carbonyl (C=O) groups excluding carboxylic acids is 2. The molecule has 0 atom stereocenters. The summed E-state index contributed by atoms with van der Waals surface area (Å²) < 4.78 is 29.9. The van der Waals surface area contributed by atoms with Crippen LogP contribution in [0, 0.1) is 20.8 Å². The van der Waals surface area contributed by atoms with Gasteiger partial charge in [-0.3, -0.25) is 19.1 Å². The molecule has 0 saturated carbocycles. The van der Waals surface area contributed by atoms with Crippen LogP contribution in [0.4, 0.5) is 11.5 Å². The van der Waals surface area contributed by atoms with Crippen molar-refractivity contribution in [1.29, 1.82) is 0 Å². The molecule has 0 spiro atoms. The van der Waals surface area contributed by atoms with Crippen molar-refractivity contribution >= 4 is 33.3 Å². The Morgan fingerprint density at radius 3 is 2.03 bits per heavy atom. The first-order valence-electron chi connectivity index (χ1n) is 11.7. The highest BCUT2D eigenvalue weighted by Gasteiger charge is 2.32. The topological polar surface area (TPSA) is 122 Å². The molecule has 11 nitrogen and oxygen atoms in total. The van der Waals surface area contributed by atoms with E-state index >= 15 is 0 Å². The predicted octanol–water partition coefficient (Wildman–Crippen LogP) is 1.75. The molecule has 0 N–H and O–H groups in total. The number of imidazole rings is 1. The number of hydrogen-bond acceptors (Lipinski definition) is 8. The molecule has 3 aromatic rings. The summed E-state index contributed by atoms with van der Waals surface area (Å²) in [6.07, 6.45) is 2.09. The number of piperazine rings is 1. The SMILES string of the molecule is Cc1nc(N2CCN(S(=O)(=O)c3ccc(N4C(=O)CCC4=O)cc3)CC2)cc(-n2cnc(C)c2C)n1. The molecule has 0 radical (unpaired) electrons. The maximum absolute atomic E-state index is 13.2. The van der Waals surface area contributed by atoms with Crippen LogP contribution < -0.4 is 9.80 Å². The molecule has 1 aromatic carbocycles. The molecule has 0 unspecified atom stereocenters. The van der Waals surface area contributed by atoms with Gasteiger partial charge in [-0.05, 0) is 45.0 Å². The minimum Gasteiger partial charge on any atom is -0.354 e. The summed E-state index contributed by atoms with van der Waals surface area (Å²) in [5.74, 6) is 1.55. The molecular formula is C24H27N7O4S. The summed E-state index contributed by atoms with van der Waals surface area (Å²) in [4.78, 5) is 40.7. The lowest BCUT2D eigenvalue weighted by Crippen LogP contribution is -2.49. The normalized spacial score (nSPS) is 17.3. The molecule has 2 aliphatic rings. The van der Waals surface area contributed by atoms with Crippen molar-refractivity contribution in [2.45, 2.75) is 38.5 Å². The summed E-state index contributed by atoms with van der Waals surface area (Å²) in [7, 11) is -3.72. The van der Waals surface area contributed by atoms with E-state index in [9.17, 15) is 18.0 Å². The lowest BCUT2D eigenvalue weighted by molar-refractivity contribution is -0.121. The van der Waals surface area contributed by atoms with Crippen molar-refractivity contribution in [3.63, 3.8) is 0 Å². The van der Waals surface area contributed by atoms with Gasteiger partial charge in [0.1, 0.15) is 23.8 Å². The number of anilines is 2. The van der Waals surface area contributed by atoms with E-state index in [1.807, 2.05) is 31.4 Å². The van der Waals surface area contributed by atoms with Crippen molar-refractivity contribution < 1.29 is 18.0 Å². The number of carbonyl (C=O) groups is 2. The van der Waals surface area contributed by atoms with Crippen LogP contribution in [0.5, 0.6) is 0 Å². The molecule has 4 heterocycles. The average Bonchev–Trinajstić information content (AvgIpc) is 3.38. The van der Waals surface area contributed by atoms with E-state index < -0.39 is 10.0 Å². The van der Waals surface area contributed by atoms with E-state index in [1.165, 1.54) is 28.6 Å². The number of benzene rings is 1. The maximum Gasteiger partial charge on any atom is 0.243 e. The Balaban J connectivity index is 1.30.